The van der Waals surface area contributed by atoms with Crippen molar-refractivity contribution >= 4 is 5.97 Å². The van der Waals surface area contributed by atoms with E-state index in [1.165, 1.54) is 25.0 Å². The molecule has 160 valence electrons. The molecule has 10 heteroatoms. The van der Waals surface area contributed by atoms with Gasteiger partial charge in [0.05, 0.1) is 5.69 Å². The van der Waals surface area contributed by atoms with Crippen LogP contribution in [0.1, 0.15) is 38.8 Å². The number of hydrogen-bond acceptors (Lipinski definition) is 5. The van der Waals surface area contributed by atoms with E-state index < -0.39 is 12.1 Å². The van der Waals surface area contributed by atoms with Gasteiger partial charge in [-0.3, -0.25) is 9.58 Å². The summed E-state index contributed by atoms with van der Waals surface area (Å²) < 4.78 is 33.7. The Labute approximate surface area is 162 Å². The SMILES string of the molecule is CC(C)=CCN1CCCC(Cn2cc(CCCO)nn2)C1.O=C(O)C(F)(F)F. The normalized spacial score (nSPS) is 17.6. The molecule has 0 aliphatic carbocycles. The maximum atomic E-state index is 10.6. The highest BCUT2D eigenvalue weighted by atomic mass is 19.4. The first-order valence-corrected chi connectivity index (χ1v) is 9.27. The van der Waals surface area contributed by atoms with Gasteiger partial charge in [-0.05, 0) is 52.0 Å². The number of likely N-dealkylation sites (tertiary alicyclic amines) is 1. The summed E-state index contributed by atoms with van der Waals surface area (Å²) in [6.07, 6.45) is 3.38. The lowest BCUT2D eigenvalue weighted by Crippen LogP contribution is -2.37. The van der Waals surface area contributed by atoms with Crippen LogP contribution in [0.3, 0.4) is 0 Å². The summed E-state index contributed by atoms with van der Waals surface area (Å²) in [7, 11) is 0. The summed E-state index contributed by atoms with van der Waals surface area (Å²) in [5, 5.41) is 24.4. The predicted octanol–water partition coefficient (Wildman–Crippen LogP) is 2.51. The van der Waals surface area contributed by atoms with Crippen LogP contribution in [-0.4, -0.2) is 68.5 Å². The van der Waals surface area contributed by atoms with Crippen molar-refractivity contribution in [2.75, 3.05) is 26.2 Å². The summed E-state index contributed by atoms with van der Waals surface area (Å²) in [6, 6.07) is 0. The van der Waals surface area contributed by atoms with Crippen LogP contribution in [0.5, 0.6) is 0 Å². The van der Waals surface area contributed by atoms with E-state index in [9.17, 15) is 13.2 Å². The van der Waals surface area contributed by atoms with Gasteiger partial charge in [-0.25, -0.2) is 4.79 Å². The number of nitrogens with zero attached hydrogens (tertiary/aromatic N) is 4. The van der Waals surface area contributed by atoms with Crippen LogP contribution in [0.4, 0.5) is 13.2 Å². The standard InChI is InChI=1S/C16H28N4O.C2HF3O2/c1-14(2)7-9-19-8-3-5-15(11-19)12-20-13-16(17-18-20)6-4-10-21;3-2(4,5)1(6)7/h7,13,15,21H,3-6,8-12H2,1-2H3;(H,6,7). The first-order valence-electron chi connectivity index (χ1n) is 9.27. The molecule has 1 unspecified atom stereocenters. The van der Waals surface area contributed by atoms with Crippen LogP contribution in [-0.2, 0) is 17.8 Å². The first kappa shape index (κ1) is 24.1. The molecule has 0 bridgehead atoms. The molecule has 2 rings (SSSR count). The minimum atomic E-state index is -5.08. The largest absolute Gasteiger partial charge is 0.490 e. The molecule has 2 N–H and O–H groups in total. The van der Waals surface area contributed by atoms with E-state index in [4.69, 9.17) is 15.0 Å². The second-order valence-corrected chi connectivity index (χ2v) is 7.11. The first-order chi connectivity index (χ1) is 13.1. The maximum Gasteiger partial charge on any atom is 0.490 e. The minimum Gasteiger partial charge on any atom is -0.475 e. The van der Waals surface area contributed by atoms with Crippen molar-refractivity contribution in [2.24, 2.45) is 5.92 Å². The number of carbonyl (C=O) groups is 1. The molecule has 0 spiro atoms. The third-order valence-corrected chi connectivity index (χ3v) is 4.23. The highest BCUT2D eigenvalue weighted by Crippen LogP contribution is 2.18. The van der Waals surface area contributed by atoms with Gasteiger partial charge in [0.25, 0.3) is 0 Å². The summed E-state index contributed by atoms with van der Waals surface area (Å²) in [5.74, 6) is -2.09. The molecular weight excluding hydrogens is 377 g/mol. The lowest BCUT2D eigenvalue weighted by molar-refractivity contribution is -0.192. The van der Waals surface area contributed by atoms with Crippen molar-refractivity contribution in [3.8, 4) is 0 Å². The molecule has 1 atom stereocenters. The minimum absolute atomic E-state index is 0.217. The fourth-order valence-corrected chi connectivity index (χ4v) is 2.84. The van der Waals surface area contributed by atoms with Crippen LogP contribution < -0.4 is 0 Å². The Hall–Kier alpha value is -1.94. The van der Waals surface area contributed by atoms with E-state index in [2.05, 4.69) is 35.1 Å². The highest BCUT2D eigenvalue weighted by molar-refractivity contribution is 5.73. The second-order valence-electron chi connectivity index (χ2n) is 7.11. The van der Waals surface area contributed by atoms with Crippen LogP contribution >= 0.6 is 0 Å². The quantitative estimate of drug-likeness (QED) is 0.676. The van der Waals surface area contributed by atoms with Crippen molar-refractivity contribution in [1.29, 1.82) is 0 Å². The molecule has 1 saturated heterocycles. The van der Waals surface area contributed by atoms with E-state index in [0.717, 1.165) is 38.2 Å². The molecule has 2 heterocycles. The van der Waals surface area contributed by atoms with Gasteiger partial charge in [-0.2, -0.15) is 13.2 Å². The van der Waals surface area contributed by atoms with Gasteiger partial charge in [0.15, 0.2) is 0 Å². The number of carboxylic acids is 1. The zero-order chi connectivity index (χ0) is 21.2. The lowest BCUT2D eigenvalue weighted by Gasteiger charge is -2.31. The number of carboxylic acid groups (broad SMARTS) is 1. The molecule has 0 amide bonds. The molecule has 0 aromatic carbocycles. The number of hydrogen-bond donors (Lipinski definition) is 2. The average molecular weight is 406 g/mol. The molecule has 1 aliphatic rings. The molecular formula is C18H29F3N4O3. The van der Waals surface area contributed by atoms with Gasteiger partial charge >= 0.3 is 12.1 Å². The number of aliphatic carboxylic acids is 1. The third-order valence-electron chi connectivity index (χ3n) is 4.23. The number of aromatic nitrogens is 3. The fourth-order valence-electron chi connectivity index (χ4n) is 2.84. The Kier molecular flexibility index (Phi) is 10.2. The molecule has 1 aromatic rings. The Balaban J connectivity index is 0.000000480. The van der Waals surface area contributed by atoms with Gasteiger partial charge in [-0.1, -0.05) is 16.9 Å². The summed E-state index contributed by atoms with van der Waals surface area (Å²) in [4.78, 5) is 11.4. The number of aliphatic hydroxyl groups is 1. The summed E-state index contributed by atoms with van der Waals surface area (Å²) >= 11 is 0. The number of aliphatic hydroxyl groups excluding tert-OH is 1. The number of aryl methyl sites for hydroxylation is 1. The summed E-state index contributed by atoms with van der Waals surface area (Å²) in [6.45, 7) is 8.91. The van der Waals surface area contributed by atoms with Gasteiger partial charge in [0.2, 0.25) is 0 Å². The number of halogens is 3. The maximum absolute atomic E-state index is 10.6. The molecule has 7 nitrogen and oxygen atoms in total. The van der Waals surface area contributed by atoms with E-state index in [0.29, 0.717) is 5.92 Å². The zero-order valence-electron chi connectivity index (χ0n) is 16.3. The van der Waals surface area contributed by atoms with Crippen LogP contribution in [0.25, 0.3) is 0 Å². The van der Waals surface area contributed by atoms with Crippen molar-refractivity contribution in [1.82, 2.24) is 19.9 Å². The number of allylic oxidation sites excluding steroid dienone is 1. The topological polar surface area (TPSA) is 91.5 Å². The predicted molar refractivity (Wildman–Crippen MR) is 97.7 cm³/mol. The van der Waals surface area contributed by atoms with E-state index in [-0.39, 0.29) is 6.61 Å². The van der Waals surface area contributed by atoms with Gasteiger partial charge in [-0.15, -0.1) is 5.10 Å². The third kappa shape index (κ3) is 9.84. The van der Waals surface area contributed by atoms with Crippen LogP contribution in [0.15, 0.2) is 17.8 Å². The Morgan fingerprint density at radius 1 is 1.39 bits per heavy atom. The molecule has 0 radical (unpaired) electrons. The second kappa shape index (κ2) is 11.8. The van der Waals surface area contributed by atoms with Gasteiger partial charge < -0.3 is 10.2 Å². The van der Waals surface area contributed by atoms with Crippen molar-refractivity contribution < 1.29 is 28.2 Å². The molecule has 1 aliphatic heterocycles. The average Bonchev–Trinajstić information content (AvgIpc) is 3.05. The lowest BCUT2D eigenvalue weighted by atomic mass is 9.98. The smallest absolute Gasteiger partial charge is 0.475 e. The monoisotopic (exact) mass is 406 g/mol. The van der Waals surface area contributed by atoms with E-state index >= 15 is 0 Å². The van der Waals surface area contributed by atoms with E-state index in [1.807, 2.05) is 10.9 Å². The van der Waals surface area contributed by atoms with Gasteiger partial charge in [0, 0.05) is 32.4 Å². The van der Waals surface area contributed by atoms with Crippen molar-refractivity contribution in [2.45, 2.75) is 52.3 Å². The van der Waals surface area contributed by atoms with Crippen LogP contribution in [0.2, 0.25) is 0 Å². The zero-order valence-corrected chi connectivity index (χ0v) is 16.3. The molecule has 1 aromatic heterocycles. The van der Waals surface area contributed by atoms with Gasteiger partial charge in [0.1, 0.15) is 0 Å². The number of piperidine rings is 1. The molecule has 1 fully saturated rings. The Morgan fingerprint density at radius 2 is 2.07 bits per heavy atom. The van der Waals surface area contributed by atoms with Crippen molar-refractivity contribution in [3.05, 3.63) is 23.5 Å². The summed E-state index contributed by atoms with van der Waals surface area (Å²) in [5.41, 5.74) is 2.38. The molecule has 28 heavy (non-hydrogen) atoms. The highest BCUT2D eigenvalue weighted by Gasteiger charge is 2.38. The Bertz CT molecular complexity index is 628. The van der Waals surface area contributed by atoms with Crippen molar-refractivity contribution in [3.63, 3.8) is 0 Å². The number of rotatable bonds is 7. The Morgan fingerprint density at radius 3 is 2.64 bits per heavy atom. The van der Waals surface area contributed by atoms with E-state index in [1.54, 1.807) is 0 Å². The van der Waals surface area contributed by atoms with Crippen LogP contribution in [0, 0.1) is 5.92 Å². The fraction of sp³-hybridized carbons (Fsp3) is 0.722. The molecule has 0 saturated carbocycles. The number of alkyl halides is 3.